The van der Waals surface area contributed by atoms with Crippen molar-refractivity contribution >= 4 is 39.1 Å². The summed E-state index contributed by atoms with van der Waals surface area (Å²) in [7, 11) is 0. The first kappa shape index (κ1) is 16.8. The van der Waals surface area contributed by atoms with Gasteiger partial charge in [0.15, 0.2) is 0 Å². The van der Waals surface area contributed by atoms with Gasteiger partial charge in [0.05, 0.1) is 17.0 Å². The monoisotopic (exact) mass is 391 g/mol. The summed E-state index contributed by atoms with van der Waals surface area (Å²) >= 11 is 8.80. The smallest absolute Gasteiger partial charge is 0.326 e. The molecule has 116 valence electrons. The van der Waals surface area contributed by atoms with Crippen molar-refractivity contribution in [3.63, 3.8) is 0 Å². The number of rotatable bonds is 3. The van der Waals surface area contributed by atoms with Crippen molar-refractivity contribution in [1.82, 2.24) is 0 Å². The quantitative estimate of drug-likeness (QED) is 0.754. The Kier molecular flexibility index (Phi) is 5.13. The normalized spacial score (nSPS) is 11.3. The molecule has 2 rings (SSSR count). The minimum absolute atomic E-state index is 0.0545. The maximum Gasteiger partial charge on any atom is 0.417 e. The molecule has 0 saturated carbocycles. The van der Waals surface area contributed by atoms with E-state index in [9.17, 15) is 18.0 Å². The summed E-state index contributed by atoms with van der Waals surface area (Å²) in [6, 6.07) is 10.3. The molecule has 0 fully saturated rings. The molecule has 0 aliphatic heterocycles. The van der Waals surface area contributed by atoms with E-state index < -0.39 is 22.7 Å². The second kappa shape index (κ2) is 6.71. The van der Waals surface area contributed by atoms with Crippen molar-refractivity contribution in [3.05, 3.63) is 63.1 Å². The van der Waals surface area contributed by atoms with Crippen molar-refractivity contribution < 1.29 is 18.0 Å². The number of anilines is 1. The number of alkyl halides is 3. The molecule has 0 unspecified atom stereocenters. The molecule has 0 atom stereocenters. The lowest BCUT2D eigenvalue weighted by Gasteiger charge is -2.12. The van der Waals surface area contributed by atoms with Crippen LogP contribution in [0.1, 0.15) is 11.1 Å². The third-order valence-corrected chi connectivity index (χ3v) is 3.69. The minimum atomic E-state index is -4.57. The maximum absolute atomic E-state index is 12.7. The van der Waals surface area contributed by atoms with Gasteiger partial charge in [-0.25, -0.2) is 0 Å². The van der Waals surface area contributed by atoms with Crippen molar-refractivity contribution in [2.45, 2.75) is 12.6 Å². The van der Waals surface area contributed by atoms with Gasteiger partial charge in [0, 0.05) is 10.2 Å². The molecule has 0 saturated heterocycles. The molecule has 22 heavy (non-hydrogen) atoms. The summed E-state index contributed by atoms with van der Waals surface area (Å²) in [6.45, 7) is 0. The van der Waals surface area contributed by atoms with Crippen LogP contribution in [-0.4, -0.2) is 5.91 Å². The van der Waals surface area contributed by atoms with E-state index in [1.165, 1.54) is 6.07 Å². The third kappa shape index (κ3) is 4.48. The first-order chi connectivity index (χ1) is 10.3. The Morgan fingerprint density at radius 2 is 1.77 bits per heavy atom. The number of carbonyl (C=O) groups excluding carboxylic acids is 1. The fourth-order valence-electron chi connectivity index (χ4n) is 1.81. The number of amides is 1. The zero-order valence-corrected chi connectivity index (χ0v) is 13.4. The highest BCUT2D eigenvalue weighted by atomic mass is 79.9. The molecule has 2 aromatic rings. The predicted molar refractivity (Wildman–Crippen MR) is 82.9 cm³/mol. The first-order valence-corrected chi connectivity index (χ1v) is 7.34. The van der Waals surface area contributed by atoms with E-state index in [-0.39, 0.29) is 12.1 Å². The lowest BCUT2D eigenvalue weighted by atomic mass is 10.1. The summed E-state index contributed by atoms with van der Waals surface area (Å²) in [5.41, 5.74) is -0.167. The van der Waals surface area contributed by atoms with Crippen molar-refractivity contribution in [1.29, 1.82) is 0 Å². The number of hydrogen-bond donors (Lipinski definition) is 1. The summed E-state index contributed by atoms with van der Waals surface area (Å²) in [4.78, 5) is 11.9. The zero-order valence-electron chi connectivity index (χ0n) is 11.0. The van der Waals surface area contributed by atoms with E-state index in [0.29, 0.717) is 0 Å². The molecule has 0 aliphatic carbocycles. The van der Waals surface area contributed by atoms with Crippen LogP contribution in [0.5, 0.6) is 0 Å². The Morgan fingerprint density at radius 3 is 2.36 bits per heavy atom. The van der Waals surface area contributed by atoms with Gasteiger partial charge < -0.3 is 5.32 Å². The number of benzene rings is 2. The van der Waals surface area contributed by atoms with Gasteiger partial charge in [-0.05, 0) is 35.9 Å². The van der Waals surface area contributed by atoms with Gasteiger partial charge in [0.1, 0.15) is 0 Å². The van der Waals surface area contributed by atoms with Crippen molar-refractivity contribution in [3.8, 4) is 0 Å². The molecule has 2 nitrogen and oxygen atoms in total. The molecule has 7 heteroatoms. The molecule has 0 heterocycles. The summed E-state index contributed by atoms with van der Waals surface area (Å²) < 4.78 is 39.1. The number of carbonyl (C=O) groups is 1. The first-order valence-electron chi connectivity index (χ1n) is 6.17. The molecule has 0 bridgehead atoms. The van der Waals surface area contributed by atoms with Gasteiger partial charge in [-0.1, -0.05) is 39.7 Å². The van der Waals surface area contributed by atoms with E-state index in [4.69, 9.17) is 11.6 Å². The zero-order chi connectivity index (χ0) is 16.3. The third-order valence-electron chi connectivity index (χ3n) is 2.83. The lowest BCUT2D eigenvalue weighted by Crippen LogP contribution is -2.15. The Morgan fingerprint density at radius 1 is 1.14 bits per heavy atom. The fourth-order valence-corrected chi connectivity index (χ4v) is 2.30. The standard InChI is InChI=1S/C15H10BrClF3NO/c16-10-3-1-9(2-4-10)7-14(22)21-11-5-6-13(17)12(8-11)15(18,19)20/h1-6,8H,7H2,(H,21,22). The van der Waals surface area contributed by atoms with E-state index in [1.54, 1.807) is 24.3 Å². The average molecular weight is 393 g/mol. The number of hydrogen-bond acceptors (Lipinski definition) is 1. The maximum atomic E-state index is 12.7. The van der Waals surface area contributed by atoms with Crippen LogP contribution >= 0.6 is 27.5 Å². The van der Waals surface area contributed by atoms with Gasteiger partial charge in [0.2, 0.25) is 5.91 Å². The van der Waals surface area contributed by atoms with Crippen LogP contribution in [0.4, 0.5) is 18.9 Å². The van der Waals surface area contributed by atoms with E-state index in [2.05, 4.69) is 21.2 Å². The van der Waals surface area contributed by atoms with E-state index >= 15 is 0 Å². The topological polar surface area (TPSA) is 29.1 Å². The lowest BCUT2D eigenvalue weighted by molar-refractivity contribution is -0.137. The second-order valence-corrected chi connectivity index (χ2v) is 5.87. The van der Waals surface area contributed by atoms with Crippen molar-refractivity contribution in [2.75, 3.05) is 5.32 Å². The molecular weight excluding hydrogens is 383 g/mol. The van der Waals surface area contributed by atoms with Crippen LogP contribution in [0.2, 0.25) is 5.02 Å². The molecule has 1 amide bonds. The predicted octanol–water partition coefficient (Wildman–Crippen LogP) is 5.30. The highest BCUT2D eigenvalue weighted by molar-refractivity contribution is 9.10. The highest BCUT2D eigenvalue weighted by Crippen LogP contribution is 2.36. The number of halogens is 5. The molecular formula is C15H10BrClF3NO. The number of nitrogens with one attached hydrogen (secondary N) is 1. The summed E-state index contributed by atoms with van der Waals surface area (Å²) in [6.07, 6.45) is -4.50. The Labute approximate surface area is 138 Å². The van der Waals surface area contributed by atoms with Crippen LogP contribution in [0.3, 0.4) is 0 Å². The van der Waals surface area contributed by atoms with Gasteiger partial charge in [-0.2, -0.15) is 13.2 Å². The van der Waals surface area contributed by atoms with E-state index in [1.807, 2.05) is 0 Å². The van der Waals surface area contributed by atoms with E-state index in [0.717, 1.165) is 22.2 Å². The van der Waals surface area contributed by atoms with Crippen LogP contribution in [0.15, 0.2) is 46.9 Å². The van der Waals surface area contributed by atoms with Gasteiger partial charge >= 0.3 is 6.18 Å². The molecule has 0 aromatic heterocycles. The van der Waals surface area contributed by atoms with Crippen LogP contribution < -0.4 is 5.32 Å². The summed E-state index contributed by atoms with van der Waals surface area (Å²) in [5, 5.41) is 2.03. The SMILES string of the molecule is O=C(Cc1ccc(Br)cc1)Nc1ccc(Cl)c(C(F)(F)F)c1. The van der Waals surface area contributed by atoms with Crippen LogP contribution in [0, 0.1) is 0 Å². The van der Waals surface area contributed by atoms with Crippen molar-refractivity contribution in [2.24, 2.45) is 0 Å². The van der Waals surface area contributed by atoms with Crippen LogP contribution in [0.25, 0.3) is 0 Å². The average Bonchev–Trinajstić information content (AvgIpc) is 2.42. The van der Waals surface area contributed by atoms with Gasteiger partial charge in [-0.3, -0.25) is 4.79 Å². The highest BCUT2D eigenvalue weighted by Gasteiger charge is 2.33. The molecule has 0 spiro atoms. The second-order valence-electron chi connectivity index (χ2n) is 4.54. The molecule has 2 aromatic carbocycles. The van der Waals surface area contributed by atoms with Gasteiger partial charge in [0.25, 0.3) is 0 Å². The molecule has 0 radical (unpaired) electrons. The minimum Gasteiger partial charge on any atom is -0.326 e. The molecule has 0 aliphatic rings. The summed E-state index contributed by atoms with van der Waals surface area (Å²) in [5.74, 6) is -0.405. The fraction of sp³-hybridized carbons (Fsp3) is 0.133. The molecule has 1 N–H and O–H groups in total. The Balaban J connectivity index is 2.10. The Bertz CT molecular complexity index is 686. The van der Waals surface area contributed by atoms with Gasteiger partial charge in [-0.15, -0.1) is 0 Å². The Hall–Kier alpha value is -1.53. The van der Waals surface area contributed by atoms with Crippen LogP contribution in [-0.2, 0) is 17.4 Å². The largest absolute Gasteiger partial charge is 0.417 e.